The van der Waals surface area contributed by atoms with Crippen molar-refractivity contribution in [2.45, 2.75) is 13.8 Å². The van der Waals surface area contributed by atoms with Gasteiger partial charge in [0.05, 0.1) is 29.2 Å². The first-order valence-corrected chi connectivity index (χ1v) is 8.64. The van der Waals surface area contributed by atoms with Crippen LogP contribution in [0.25, 0.3) is 0 Å². The third-order valence-corrected chi connectivity index (χ3v) is 4.75. The molecule has 1 aliphatic rings. The van der Waals surface area contributed by atoms with Gasteiger partial charge >= 0.3 is 0 Å². The summed E-state index contributed by atoms with van der Waals surface area (Å²) in [6.07, 6.45) is 2.56. The first kappa shape index (κ1) is 17.5. The minimum absolute atomic E-state index is 0.219. The lowest BCUT2D eigenvalue weighted by Gasteiger charge is -2.14. The SMILES string of the molecule is Cc1ccc(NC(=O)c2ccc(N3C(=O)c4cnncc4C3=O)cc2)cc1C. The van der Waals surface area contributed by atoms with Gasteiger partial charge in [-0.2, -0.15) is 10.2 Å². The monoisotopic (exact) mass is 372 g/mol. The average Bonchev–Trinajstić information content (AvgIpc) is 2.96. The number of carbonyl (C=O) groups is 3. The molecule has 7 heteroatoms. The van der Waals surface area contributed by atoms with Gasteiger partial charge < -0.3 is 5.32 Å². The van der Waals surface area contributed by atoms with Crippen molar-refractivity contribution >= 4 is 29.1 Å². The van der Waals surface area contributed by atoms with E-state index in [0.29, 0.717) is 16.9 Å². The van der Waals surface area contributed by atoms with E-state index in [-0.39, 0.29) is 17.0 Å². The Balaban J connectivity index is 1.54. The molecule has 3 aromatic rings. The molecule has 0 saturated heterocycles. The second kappa shape index (κ2) is 6.70. The minimum atomic E-state index is -0.456. The summed E-state index contributed by atoms with van der Waals surface area (Å²) in [6.45, 7) is 3.98. The van der Waals surface area contributed by atoms with E-state index < -0.39 is 11.8 Å². The molecule has 7 nitrogen and oxygen atoms in total. The zero-order valence-electron chi connectivity index (χ0n) is 15.3. The Hall–Kier alpha value is -3.87. The molecule has 1 N–H and O–H groups in total. The molecule has 0 radical (unpaired) electrons. The van der Waals surface area contributed by atoms with Gasteiger partial charge in [0.25, 0.3) is 17.7 Å². The number of aromatic nitrogens is 2. The third-order valence-electron chi connectivity index (χ3n) is 4.75. The molecule has 0 unspecified atom stereocenters. The molecule has 2 heterocycles. The van der Waals surface area contributed by atoms with Gasteiger partial charge in [-0.3, -0.25) is 14.4 Å². The molecule has 0 saturated carbocycles. The zero-order valence-corrected chi connectivity index (χ0v) is 15.3. The number of amides is 3. The number of fused-ring (bicyclic) bond motifs is 1. The lowest BCUT2D eigenvalue weighted by atomic mass is 10.1. The molecule has 0 aliphatic carbocycles. The highest BCUT2D eigenvalue weighted by molar-refractivity contribution is 6.34. The number of imide groups is 1. The fourth-order valence-corrected chi connectivity index (χ4v) is 3.01. The van der Waals surface area contributed by atoms with E-state index >= 15 is 0 Å². The second-order valence-electron chi connectivity index (χ2n) is 6.56. The largest absolute Gasteiger partial charge is 0.322 e. The fourth-order valence-electron chi connectivity index (χ4n) is 3.01. The van der Waals surface area contributed by atoms with Crippen molar-refractivity contribution in [3.05, 3.63) is 82.7 Å². The molecule has 0 bridgehead atoms. The van der Waals surface area contributed by atoms with Crippen LogP contribution in [0, 0.1) is 13.8 Å². The smallest absolute Gasteiger partial charge is 0.267 e. The summed E-state index contributed by atoms with van der Waals surface area (Å²) in [5.41, 5.74) is 4.18. The number of hydrogen-bond donors (Lipinski definition) is 1. The maximum atomic E-state index is 12.5. The van der Waals surface area contributed by atoms with Crippen LogP contribution >= 0.6 is 0 Å². The van der Waals surface area contributed by atoms with E-state index in [1.165, 1.54) is 12.4 Å². The zero-order chi connectivity index (χ0) is 19.8. The highest BCUT2D eigenvalue weighted by atomic mass is 16.2. The van der Waals surface area contributed by atoms with Gasteiger partial charge in [-0.05, 0) is 61.4 Å². The van der Waals surface area contributed by atoms with Crippen LogP contribution in [-0.2, 0) is 0 Å². The Kier molecular flexibility index (Phi) is 4.19. The molecule has 1 aliphatic heterocycles. The Bertz CT molecular complexity index is 1090. The van der Waals surface area contributed by atoms with E-state index in [4.69, 9.17) is 0 Å². The maximum absolute atomic E-state index is 12.5. The number of rotatable bonds is 3. The van der Waals surface area contributed by atoms with Crippen LogP contribution in [0.5, 0.6) is 0 Å². The molecule has 0 atom stereocenters. The van der Waals surface area contributed by atoms with Crippen LogP contribution in [0.3, 0.4) is 0 Å². The van der Waals surface area contributed by atoms with Gasteiger partial charge in [0.15, 0.2) is 0 Å². The lowest BCUT2D eigenvalue weighted by Crippen LogP contribution is -2.29. The summed E-state index contributed by atoms with van der Waals surface area (Å²) < 4.78 is 0. The molecule has 138 valence electrons. The Labute approximate surface area is 161 Å². The summed E-state index contributed by atoms with van der Waals surface area (Å²) in [5, 5.41) is 10.2. The fraction of sp³-hybridized carbons (Fsp3) is 0.0952. The quantitative estimate of drug-likeness (QED) is 0.713. The van der Waals surface area contributed by atoms with Crippen LogP contribution in [-0.4, -0.2) is 27.9 Å². The standard InChI is InChI=1S/C21H16N4O3/c1-12-3-6-15(9-13(12)2)24-19(26)14-4-7-16(8-5-14)25-20(27)17-10-22-23-11-18(17)21(25)28/h3-11H,1-2H3,(H,24,26). The van der Waals surface area contributed by atoms with E-state index in [9.17, 15) is 14.4 Å². The van der Waals surface area contributed by atoms with E-state index in [1.807, 2.05) is 32.0 Å². The number of carbonyl (C=O) groups excluding carboxylic acids is 3. The van der Waals surface area contributed by atoms with Crippen LogP contribution in [0.1, 0.15) is 42.2 Å². The summed E-state index contributed by atoms with van der Waals surface area (Å²) in [5.74, 6) is -1.19. The molecule has 4 rings (SSSR count). The number of anilines is 2. The van der Waals surface area contributed by atoms with Crippen LogP contribution in [0.2, 0.25) is 0 Å². The second-order valence-corrected chi connectivity index (χ2v) is 6.56. The number of nitrogens with one attached hydrogen (secondary N) is 1. The molecular weight excluding hydrogens is 356 g/mol. The molecule has 2 aromatic carbocycles. The molecule has 0 fully saturated rings. The predicted molar refractivity (Wildman–Crippen MR) is 103 cm³/mol. The Morgan fingerprint density at radius 1 is 0.857 bits per heavy atom. The first-order chi connectivity index (χ1) is 13.5. The predicted octanol–water partition coefficient (Wildman–Crippen LogP) is 3.15. The summed E-state index contributed by atoms with van der Waals surface area (Å²) in [4.78, 5) is 38.5. The van der Waals surface area contributed by atoms with Crippen LogP contribution < -0.4 is 10.2 Å². The van der Waals surface area contributed by atoms with Crippen molar-refractivity contribution in [1.29, 1.82) is 0 Å². The average molecular weight is 372 g/mol. The molecular formula is C21H16N4O3. The molecule has 3 amide bonds. The van der Waals surface area contributed by atoms with E-state index in [1.54, 1.807) is 24.3 Å². The van der Waals surface area contributed by atoms with Crippen molar-refractivity contribution in [1.82, 2.24) is 10.2 Å². The normalized spacial score (nSPS) is 12.9. The summed E-state index contributed by atoms with van der Waals surface area (Å²) >= 11 is 0. The van der Waals surface area contributed by atoms with E-state index in [2.05, 4.69) is 15.5 Å². The molecule has 1 aromatic heterocycles. The number of benzene rings is 2. The Morgan fingerprint density at radius 3 is 2.04 bits per heavy atom. The van der Waals surface area contributed by atoms with Gasteiger partial charge in [-0.25, -0.2) is 4.90 Å². The van der Waals surface area contributed by atoms with Crippen LogP contribution in [0.15, 0.2) is 54.9 Å². The highest BCUT2D eigenvalue weighted by Gasteiger charge is 2.37. The van der Waals surface area contributed by atoms with Crippen molar-refractivity contribution in [2.75, 3.05) is 10.2 Å². The molecule has 0 spiro atoms. The van der Waals surface area contributed by atoms with Crippen LogP contribution in [0.4, 0.5) is 11.4 Å². The van der Waals surface area contributed by atoms with Crippen molar-refractivity contribution < 1.29 is 14.4 Å². The van der Waals surface area contributed by atoms with Crippen molar-refractivity contribution in [3.63, 3.8) is 0 Å². The van der Waals surface area contributed by atoms with E-state index in [0.717, 1.165) is 16.0 Å². The van der Waals surface area contributed by atoms with Gasteiger partial charge in [0.1, 0.15) is 0 Å². The Morgan fingerprint density at radius 2 is 1.46 bits per heavy atom. The van der Waals surface area contributed by atoms with Gasteiger partial charge in [0.2, 0.25) is 0 Å². The minimum Gasteiger partial charge on any atom is -0.322 e. The maximum Gasteiger partial charge on any atom is 0.267 e. The van der Waals surface area contributed by atoms with Crippen molar-refractivity contribution in [2.24, 2.45) is 0 Å². The number of hydrogen-bond acceptors (Lipinski definition) is 5. The van der Waals surface area contributed by atoms with Crippen molar-refractivity contribution in [3.8, 4) is 0 Å². The summed E-state index contributed by atoms with van der Waals surface area (Å²) in [6, 6.07) is 12.0. The third kappa shape index (κ3) is 2.92. The number of nitrogens with zero attached hydrogens (tertiary/aromatic N) is 3. The topological polar surface area (TPSA) is 92.3 Å². The highest BCUT2D eigenvalue weighted by Crippen LogP contribution is 2.27. The van der Waals surface area contributed by atoms with Gasteiger partial charge in [-0.1, -0.05) is 6.07 Å². The van der Waals surface area contributed by atoms with Gasteiger partial charge in [-0.15, -0.1) is 0 Å². The summed E-state index contributed by atoms with van der Waals surface area (Å²) in [7, 11) is 0. The van der Waals surface area contributed by atoms with Gasteiger partial charge in [0, 0.05) is 11.3 Å². The molecule has 28 heavy (non-hydrogen) atoms. The number of aryl methyl sites for hydroxylation is 2. The first-order valence-electron chi connectivity index (χ1n) is 8.64. The lowest BCUT2D eigenvalue weighted by molar-refractivity contribution is 0.0925.